The van der Waals surface area contributed by atoms with Crippen LogP contribution >= 0.6 is 0 Å². The van der Waals surface area contributed by atoms with Crippen LogP contribution in [-0.4, -0.2) is 47.9 Å². The van der Waals surface area contributed by atoms with Crippen LogP contribution in [0, 0.1) is 5.41 Å². The minimum atomic E-state index is 0.362. The van der Waals surface area contributed by atoms with E-state index in [0.29, 0.717) is 11.3 Å². The van der Waals surface area contributed by atoms with E-state index in [1.54, 1.807) is 0 Å². The first kappa shape index (κ1) is 16.8. The van der Waals surface area contributed by atoms with Crippen molar-refractivity contribution < 1.29 is 4.79 Å². The molecule has 0 aromatic rings. The lowest BCUT2D eigenvalue weighted by Crippen LogP contribution is -2.48. The molecule has 0 aromatic carbocycles. The largest absolute Gasteiger partial charge is 0.343 e. The minimum absolute atomic E-state index is 0.362. The van der Waals surface area contributed by atoms with E-state index in [1.807, 2.05) is 13.8 Å². The van der Waals surface area contributed by atoms with Crippen molar-refractivity contribution in [2.45, 2.75) is 78.2 Å². The molecule has 1 amide bonds. The zero-order valence-corrected chi connectivity index (χ0v) is 14.4. The quantitative estimate of drug-likeness (QED) is 0.793. The van der Waals surface area contributed by atoms with E-state index in [2.05, 4.69) is 16.7 Å². The van der Waals surface area contributed by atoms with Gasteiger partial charge in [-0.1, -0.05) is 27.2 Å². The van der Waals surface area contributed by atoms with Crippen LogP contribution in [-0.2, 0) is 4.79 Å². The molecule has 3 fully saturated rings. The summed E-state index contributed by atoms with van der Waals surface area (Å²) in [5.41, 5.74) is 0.362. The van der Waals surface area contributed by atoms with Crippen molar-refractivity contribution >= 4 is 5.91 Å². The summed E-state index contributed by atoms with van der Waals surface area (Å²) in [5.74, 6) is 0.414. The molecule has 0 atom stereocenters. The predicted molar refractivity (Wildman–Crippen MR) is 88.3 cm³/mol. The van der Waals surface area contributed by atoms with Gasteiger partial charge in [-0.25, -0.2) is 0 Å². The Kier molecular flexibility index (Phi) is 6.09. The second kappa shape index (κ2) is 7.62. The molecule has 0 aromatic heterocycles. The molecule has 21 heavy (non-hydrogen) atoms. The van der Waals surface area contributed by atoms with E-state index in [1.165, 1.54) is 58.0 Å². The van der Waals surface area contributed by atoms with Crippen molar-refractivity contribution in [2.75, 3.05) is 26.2 Å². The van der Waals surface area contributed by atoms with Crippen LogP contribution in [0.1, 0.15) is 72.1 Å². The van der Waals surface area contributed by atoms with Crippen molar-refractivity contribution in [2.24, 2.45) is 5.41 Å². The first-order valence-electron chi connectivity index (χ1n) is 9.18. The van der Waals surface area contributed by atoms with E-state index < -0.39 is 0 Å². The number of rotatable bonds is 3. The Bertz CT molecular complexity index is 324. The molecular formula is C18H34N2O. The second-order valence-corrected chi connectivity index (χ2v) is 7.20. The Balaban J connectivity index is 0.000000774. The molecule has 0 bridgehead atoms. The van der Waals surface area contributed by atoms with Crippen molar-refractivity contribution in [3.8, 4) is 0 Å². The number of hydrogen-bond donors (Lipinski definition) is 0. The lowest BCUT2D eigenvalue weighted by Gasteiger charge is -2.40. The van der Waals surface area contributed by atoms with E-state index >= 15 is 0 Å². The van der Waals surface area contributed by atoms with Gasteiger partial charge < -0.3 is 9.80 Å². The summed E-state index contributed by atoms with van der Waals surface area (Å²) >= 11 is 0. The number of piperidine rings is 2. The maximum absolute atomic E-state index is 12.2. The first-order valence-corrected chi connectivity index (χ1v) is 9.18. The summed E-state index contributed by atoms with van der Waals surface area (Å²) in [5, 5.41) is 0. The van der Waals surface area contributed by atoms with Gasteiger partial charge in [0.25, 0.3) is 0 Å². The lowest BCUT2D eigenvalue weighted by molar-refractivity contribution is -0.134. The molecular weight excluding hydrogens is 260 g/mol. The normalized spacial score (nSPS) is 26.0. The van der Waals surface area contributed by atoms with Gasteiger partial charge >= 0.3 is 0 Å². The van der Waals surface area contributed by atoms with Crippen LogP contribution in [0.2, 0.25) is 0 Å². The molecule has 1 saturated carbocycles. The average Bonchev–Trinajstić information content (AvgIpc) is 3.27. The second-order valence-electron chi connectivity index (χ2n) is 7.20. The topological polar surface area (TPSA) is 23.6 Å². The Morgan fingerprint density at radius 2 is 1.57 bits per heavy atom. The Morgan fingerprint density at radius 3 is 2.10 bits per heavy atom. The lowest BCUT2D eigenvalue weighted by atomic mass is 9.98. The Labute approximate surface area is 131 Å². The highest BCUT2D eigenvalue weighted by molar-refractivity contribution is 5.77. The summed E-state index contributed by atoms with van der Waals surface area (Å²) in [7, 11) is 0. The van der Waals surface area contributed by atoms with E-state index in [-0.39, 0.29) is 0 Å². The fourth-order valence-electron chi connectivity index (χ4n) is 3.63. The highest BCUT2D eigenvalue weighted by Crippen LogP contribution is 2.48. The van der Waals surface area contributed by atoms with Crippen LogP contribution in [0.5, 0.6) is 0 Å². The van der Waals surface area contributed by atoms with Gasteiger partial charge in [-0.15, -0.1) is 0 Å². The zero-order valence-electron chi connectivity index (χ0n) is 14.4. The van der Waals surface area contributed by atoms with Gasteiger partial charge in [0, 0.05) is 25.6 Å². The molecule has 1 aliphatic carbocycles. The summed E-state index contributed by atoms with van der Waals surface area (Å²) in [6.45, 7) is 10.8. The molecule has 0 radical (unpaired) electrons. The van der Waals surface area contributed by atoms with Gasteiger partial charge in [0.05, 0.1) is 0 Å². The summed E-state index contributed by atoms with van der Waals surface area (Å²) in [6.07, 6.45) is 9.85. The molecule has 3 aliphatic rings. The number of amides is 1. The van der Waals surface area contributed by atoms with Gasteiger partial charge in [0.1, 0.15) is 0 Å². The Morgan fingerprint density at radius 1 is 1.00 bits per heavy atom. The number of carbonyl (C=O) groups is 1. The van der Waals surface area contributed by atoms with Gasteiger partial charge in [0.2, 0.25) is 5.91 Å². The fraction of sp³-hybridized carbons (Fsp3) is 0.944. The maximum atomic E-state index is 12.2. The van der Waals surface area contributed by atoms with Crippen molar-refractivity contribution in [1.29, 1.82) is 0 Å². The standard InChI is InChI=1S/C16H28N2O.C2H6/c1-16(7-8-16)13-15(19)18-11-5-14(6-12-18)17-9-3-2-4-10-17;1-2/h14H,2-13H2,1H3;1-2H3. The molecule has 0 N–H and O–H groups in total. The molecule has 2 saturated heterocycles. The monoisotopic (exact) mass is 294 g/mol. The third-order valence-corrected chi connectivity index (χ3v) is 5.41. The SMILES string of the molecule is CC.CC1(CC(=O)N2CCC(N3CCCCC3)CC2)CC1. The van der Waals surface area contributed by atoms with Crippen molar-refractivity contribution in [3.63, 3.8) is 0 Å². The van der Waals surface area contributed by atoms with Crippen LogP contribution in [0.15, 0.2) is 0 Å². The van der Waals surface area contributed by atoms with Gasteiger partial charge in [-0.2, -0.15) is 0 Å². The van der Waals surface area contributed by atoms with Crippen molar-refractivity contribution in [1.82, 2.24) is 9.80 Å². The smallest absolute Gasteiger partial charge is 0.223 e. The van der Waals surface area contributed by atoms with Crippen LogP contribution in [0.4, 0.5) is 0 Å². The Hall–Kier alpha value is -0.570. The van der Waals surface area contributed by atoms with E-state index in [9.17, 15) is 4.79 Å². The highest BCUT2D eigenvalue weighted by atomic mass is 16.2. The van der Waals surface area contributed by atoms with Crippen LogP contribution in [0.3, 0.4) is 0 Å². The number of hydrogen-bond acceptors (Lipinski definition) is 2. The summed E-state index contributed by atoms with van der Waals surface area (Å²) in [4.78, 5) is 17.1. The molecule has 3 heteroatoms. The molecule has 2 aliphatic heterocycles. The first-order chi connectivity index (χ1) is 10.2. The molecule has 2 heterocycles. The van der Waals surface area contributed by atoms with Crippen LogP contribution < -0.4 is 0 Å². The molecule has 3 nitrogen and oxygen atoms in total. The summed E-state index contributed by atoms with van der Waals surface area (Å²) in [6, 6.07) is 0.751. The molecule has 0 spiro atoms. The molecule has 3 rings (SSSR count). The van der Waals surface area contributed by atoms with Gasteiger partial charge in [0.15, 0.2) is 0 Å². The highest BCUT2D eigenvalue weighted by Gasteiger charge is 2.40. The molecule has 0 unspecified atom stereocenters. The van der Waals surface area contributed by atoms with Gasteiger partial charge in [-0.3, -0.25) is 4.79 Å². The van der Waals surface area contributed by atoms with Crippen molar-refractivity contribution in [3.05, 3.63) is 0 Å². The van der Waals surface area contributed by atoms with Crippen LogP contribution in [0.25, 0.3) is 0 Å². The maximum Gasteiger partial charge on any atom is 0.223 e. The fourth-order valence-corrected chi connectivity index (χ4v) is 3.63. The zero-order chi connectivity index (χ0) is 15.3. The minimum Gasteiger partial charge on any atom is -0.343 e. The molecule has 122 valence electrons. The average molecular weight is 294 g/mol. The number of nitrogens with zero attached hydrogens (tertiary/aromatic N) is 2. The number of likely N-dealkylation sites (tertiary alicyclic amines) is 2. The third-order valence-electron chi connectivity index (χ3n) is 5.41. The summed E-state index contributed by atoms with van der Waals surface area (Å²) < 4.78 is 0. The number of carbonyl (C=O) groups excluding carboxylic acids is 1. The van der Waals surface area contributed by atoms with Gasteiger partial charge in [-0.05, 0) is 57.0 Å². The predicted octanol–water partition coefficient (Wildman–Crippen LogP) is 3.68. The van der Waals surface area contributed by atoms with E-state index in [0.717, 1.165) is 25.6 Å². The third kappa shape index (κ3) is 4.70. The van der Waals surface area contributed by atoms with E-state index in [4.69, 9.17) is 0 Å².